The van der Waals surface area contributed by atoms with Gasteiger partial charge in [0.2, 0.25) is 0 Å². The molecule has 0 amide bonds. The number of hydrogen-bond donors (Lipinski definition) is 0. The molecule has 0 spiro atoms. The molecule has 2 aromatic rings. The summed E-state index contributed by atoms with van der Waals surface area (Å²) in [4.78, 5) is 10.4. The number of rotatable bonds is 6. The van der Waals surface area contributed by atoms with Gasteiger partial charge in [-0.1, -0.05) is 30.3 Å². The maximum atomic E-state index is 10.8. The van der Waals surface area contributed by atoms with Crippen LogP contribution < -0.4 is 9.47 Å². The van der Waals surface area contributed by atoms with Crippen LogP contribution in [0.15, 0.2) is 48.5 Å². The molecule has 0 aromatic heterocycles. The van der Waals surface area contributed by atoms with Crippen molar-refractivity contribution in [3.8, 4) is 11.5 Å². The third-order valence-corrected chi connectivity index (χ3v) is 2.68. The van der Waals surface area contributed by atoms with Crippen molar-refractivity contribution in [3.63, 3.8) is 0 Å². The molecule has 0 atom stereocenters. The van der Waals surface area contributed by atoms with Gasteiger partial charge in [-0.15, -0.1) is 0 Å². The fourth-order valence-corrected chi connectivity index (χ4v) is 1.73. The molecule has 0 fully saturated rings. The van der Waals surface area contributed by atoms with Crippen molar-refractivity contribution in [3.05, 3.63) is 64.2 Å². The highest BCUT2D eigenvalue weighted by Gasteiger charge is 2.12. The van der Waals surface area contributed by atoms with Crippen LogP contribution in [0.5, 0.6) is 11.5 Å². The van der Waals surface area contributed by atoms with E-state index in [9.17, 15) is 10.1 Å². The largest absolute Gasteiger partial charge is 0.490 e. The lowest BCUT2D eigenvalue weighted by Crippen LogP contribution is -2.00. The number of ether oxygens (including phenoxy) is 2. The molecular formula is C15H15NO4. The summed E-state index contributed by atoms with van der Waals surface area (Å²) in [7, 11) is 0. The molecule has 0 N–H and O–H groups in total. The van der Waals surface area contributed by atoms with Crippen molar-refractivity contribution >= 4 is 5.69 Å². The number of nitro groups is 1. The van der Waals surface area contributed by atoms with Gasteiger partial charge >= 0.3 is 0 Å². The number of nitrogens with zero attached hydrogens (tertiary/aromatic N) is 1. The normalized spacial score (nSPS) is 10.1. The zero-order valence-electron chi connectivity index (χ0n) is 11.1. The molecule has 0 unspecified atom stereocenters. The van der Waals surface area contributed by atoms with E-state index in [2.05, 4.69) is 0 Å². The molecule has 0 heterocycles. The third-order valence-electron chi connectivity index (χ3n) is 2.68. The minimum Gasteiger partial charge on any atom is -0.490 e. The summed E-state index contributed by atoms with van der Waals surface area (Å²) in [6.45, 7) is 2.66. The number of nitro benzene ring substituents is 1. The predicted molar refractivity (Wildman–Crippen MR) is 75.0 cm³/mol. The van der Waals surface area contributed by atoms with Crippen LogP contribution in [0, 0.1) is 10.1 Å². The molecule has 0 aliphatic rings. The van der Waals surface area contributed by atoms with Gasteiger partial charge in [-0.05, 0) is 18.6 Å². The monoisotopic (exact) mass is 273 g/mol. The van der Waals surface area contributed by atoms with Crippen LogP contribution in [-0.4, -0.2) is 11.5 Å². The third kappa shape index (κ3) is 3.47. The second kappa shape index (κ2) is 6.56. The van der Waals surface area contributed by atoms with Crippen molar-refractivity contribution in [1.29, 1.82) is 0 Å². The van der Waals surface area contributed by atoms with Gasteiger partial charge in [-0.25, -0.2) is 0 Å². The van der Waals surface area contributed by atoms with Crippen LogP contribution in [0.25, 0.3) is 0 Å². The lowest BCUT2D eigenvalue weighted by atomic mass is 10.2. The van der Waals surface area contributed by atoms with E-state index in [1.54, 1.807) is 6.07 Å². The van der Waals surface area contributed by atoms with E-state index in [0.29, 0.717) is 24.7 Å². The average Bonchev–Trinajstić information content (AvgIpc) is 2.47. The molecular weight excluding hydrogens is 258 g/mol. The highest BCUT2D eigenvalue weighted by molar-refractivity contribution is 5.48. The molecule has 0 aliphatic carbocycles. The van der Waals surface area contributed by atoms with Crippen LogP contribution >= 0.6 is 0 Å². The second-order valence-electron chi connectivity index (χ2n) is 4.10. The van der Waals surface area contributed by atoms with E-state index in [1.165, 1.54) is 12.1 Å². The lowest BCUT2D eigenvalue weighted by molar-refractivity contribution is -0.385. The summed E-state index contributed by atoms with van der Waals surface area (Å²) in [5.74, 6) is 0.888. The van der Waals surface area contributed by atoms with Gasteiger partial charge in [0.05, 0.1) is 17.6 Å². The van der Waals surface area contributed by atoms with Crippen LogP contribution in [0.4, 0.5) is 5.69 Å². The molecule has 20 heavy (non-hydrogen) atoms. The molecule has 2 rings (SSSR count). The standard InChI is InChI=1S/C15H15NO4/c1-2-19-14-9-8-13(16(17)18)10-15(14)20-11-12-6-4-3-5-7-12/h3-10H,2,11H2,1H3. The van der Waals surface area contributed by atoms with Gasteiger partial charge in [-0.3, -0.25) is 10.1 Å². The zero-order valence-corrected chi connectivity index (χ0v) is 11.1. The van der Waals surface area contributed by atoms with E-state index in [4.69, 9.17) is 9.47 Å². The van der Waals surface area contributed by atoms with Gasteiger partial charge in [-0.2, -0.15) is 0 Å². The van der Waals surface area contributed by atoms with Gasteiger partial charge in [0.15, 0.2) is 11.5 Å². The summed E-state index contributed by atoms with van der Waals surface area (Å²) in [6.07, 6.45) is 0. The number of hydrogen-bond acceptors (Lipinski definition) is 4. The summed E-state index contributed by atoms with van der Waals surface area (Å²) in [6, 6.07) is 13.9. The molecule has 0 saturated heterocycles. The van der Waals surface area contributed by atoms with Gasteiger partial charge < -0.3 is 9.47 Å². The molecule has 2 aromatic carbocycles. The minimum absolute atomic E-state index is 0.0171. The van der Waals surface area contributed by atoms with Gasteiger partial charge in [0.1, 0.15) is 6.61 Å². The number of benzene rings is 2. The molecule has 104 valence electrons. The first-order valence-electron chi connectivity index (χ1n) is 6.28. The Bertz CT molecular complexity index is 584. The Kier molecular flexibility index (Phi) is 4.55. The van der Waals surface area contributed by atoms with E-state index >= 15 is 0 Å². The van der Waals surface area contributed by atoms with Crippen LogP contribution in [0.2, 0.25) is 0 Å². The minimum atomic E-state index is -0.453. The fraction of sp³-hybridized carbons (Fsp3) is 0.200. The van der Waals surface area contributed by atoms with E-state index in [-0.39, 0.29) is 5.69 Å². The molecule has 5 heteroatoms. The number of non-ortho nitro benzene ring substituents is 1. The Morgan fingerprint density at radius 2 is 1.80 bits per heavy atom. The van der Waals surface area contributed by atoms with Gasteiger partial charge in [0, 0.05) is 6.07 Å². The molecule has 5 nitrogen and oxygen atoms in total. The Hall–Kier alpha value is -2.56. The zero-order chi connectivity index (χ0) is 14.4. The smallest absolute Gasteiger partial charge is 0.273 e. The van der Waals surface area contributed by atoms with Crippen molar-refractivity contribution < 1.29 is 14.4 Å². The van der Waals surface area contributed by atoms with Crippen LogP contribution in [-0.2, 0) is 6.61 Å². The van der Waals surface area contributed by atoms with E-state index < -0.39 is 4.92 Å². The fourth-order valence-electron chi connectivity index (χ4n) is 1.73. The first kappa shape index (κ1) is 13.9. The lowest BCUT2D eigenvalue weighted by Gasteiger charge is -2.11. The topological polar surface area (TPSA) is 61.6 Å². The molecule has 0 saturated carbocycles. The molecule has 0 bridgehead atoms. The maximum absolute atomic E-state index is 10.8. The van der Waals surface area contributed by atoms with Crippen molar-refractivity contribution in [1.82, 2.24) is 0 Å². The molecule has 0 radical (unpaired) electrons. The SMILES string of the molecule is CCOc1ccc([N+](=O)[O-])cc1OCc1ccccc1. The average molecular weight is 273 g/mol. The Balaban J connectivity index is 2.19. The molecule has 0 aliphatic heterocycles. The van der Waals surface area contributed by atoms with Crippen LogP contribution in [0.3, 0.4) is 0 Å². The van der Waals surface area contributed by atoms with E-state index in [1.807, 2.05) is 37.3 Å². The van der Waals surface area contributed by atoms with Crippen LogP contribution in [0.1, 0.15) is 12.5 Å². The summed E-state index contributed by atoms with van der Waals surface area (Å²) < 4.78 is 11.0. The highest BCUT2D eigenvalue weighted by atomic mass is 16.6. The first-order chi connectivity index (χ1) is 9.70. The van der Waals surface area contributed by atoms with Gasteiger partial charge in [0.25, 0.3) is 5.69 Å². The maximum Gasteiger partial charge on any atom is 0.273 e. The quantitative estimate of drug-likeness (QED) is 0.596. The first-order valence-corrected chi connectivity index (χ1v) is 6.28. The second-order valence-corrected chi connectivity index (χ2v) is 4.10. The Morgan fingerprint density at radius 1 is 1.05 bits per heavy atom. The van der Waals surface area contributed by atoms with Crippen molar-refractivity contribution in [2.45, 2.75) is 13.5 Å². The van der Waals surface area contributed by atoms with Crippen molar-refractivity contribution in [2.24, 2.45) is 0 Å². The van der Waals surface area contributed by atoms with E-state index in [0.717, 1.165) is 5.56 Å². The highest BCUT2D eigenvalue weighted by Crippen LogP contribution is 2.32. The predicted octanol–water partition coefficient (Wildman–Crippen LogP) is 3.57. The summed E-state index contributed by atoms with van der Waals surface area (Å²) in [5, 5.41) is 10.8. The Morgan fingerprint density at radius 3 is 2.45 bits per heavy atom. The Labute approximate surface area is 116 Å². The van der Waals surface area contributed by atoms with Crippen molar-refractivity contribution in [2.75, 3.05) is 6.61 Å². The summed E-state index contributed by atoms with van der Waals surface area (Å²) in [5.41, 5.74) is 0.970. The summed E-state index contributed by atoms with van der Waals surface area (Å²) >= 11 is 0.